The van der Waals surface area contributed by atoms with Gasteiger partial charge in [-0.15, -0.1) is 0 Å². The number of aromatic hydroxyl groups is 1. The Morgan fingerprint density at radius 2 is 2.32 bits per heavy atom. The lowest BCUT2D eigenvalue weighted by Gasteiger charge is -2.13. The molecule has 2 rings (SSSR count). The van der Waals surface area contributed by atoms with Crippen LogP contribution in [0.5, 0.6) is 11.5 Å². The average molecular weight is 261 g/mol. The summed E-state index contributed by atoms with van der Waals surface area (Å²) in [5, 5.41) is 13.1. The zero-order chi connectivity index (χ0) is 13.5. The van der Waals surface area contributed by atoms with E-state index in [4.69, 9.17) is 4.74 Å². The van der Waals surface area contributed by atoms with Crippen molar-refractivity contribution in [1.29, 1.82) is 0 Å². The van der Waals surface area contributed by atoms with E-state index < -0.39 is 0 Å². The van der Waals surface area contributed by atoms with Crippen molar-refractivity contribution in [2.75, 3.05) is 18.5 Å². The van der Waals surface area contributed by atoms with Crippen LogP contribution in [0.1, 0.15) is 13.3 Å². The largest absolute Gasteiger partial charge is 0.506 e. The molecule has 0 atom stereocenters. The third kappa shape index (κ3) is 3.64. The van der Waals surface area contributed by atoms with Gasteiger partial charge in [0.05, 0.1) is 12.9 Å². The van der Waals surface area contributed by atoms with Crippen LogP contribution in [-0.4, -0.2) is 27.8 Å². The Bertz CT molecular complexity index is 497. The fourth-order valence-electron chi connectivity index (χ4n) is 1.87. The number of hydrogen-bond donors (Lipinski definition) is 2. The molecule has 2 aromatic rings. The number of imidazole rings is 1. The van der Waals surface area contributed by atoms with Crippen molar-refractivity contribution < 1.29 is 9.84 Å². The van der Waals surface area contributed by atoms with Crippen molar-refractivity contribution in [2.45, 2.75) is 19.9 Å². The van der Waals surface area contributed by atoms with Gasteiger partial charge in [0.1, 0.15) is 17.2 Å². The minimum atomic E-state index is 0.216. The summed E-state index contributed by atoms with van der Waals surface area (Å²) in [6.07, 6.45) is 6.44. The van der Waals surface area contributed by atoms with Gasteiger partial charge in [-0.3, -0.25) is 0 Å². The Morgan fingerprint density at radius 1 is 1.42 bits per heavy atom. The molecule has 0 fully saturated rings. The zero-order valence-electron chi connectivity index (χ0n) is 11.0. The number of nitrogens with one attached hydrogen (secondary N) is 1. The highest BCUT2D eigenvalue weighted by atomic mass is 16.5. The van der Waals surface area contributed by atoms with Crippen molar-refractivity contribution in [2.24, 2.45) is 0 Å². The molecule has 1 aromatic heterocycles. The van der Waals surface area contributed by atoms with Gasteiger partial charge in [0, 0.05) is 25.5 Å². The molecule has 0 saturated carbocycles. The van der Waals surface area contributed by atoms with Crippen LogP contribution in [0.4, 0.5) is 5.69 Å². The molecule has 0 aliphatic heterocycles. The van der Waals surface area contributed by atoms with Crippen LogP contribution in [0.25, 0.3) is 0 Å². The Hall–Kier alpha value is -2.17. The molecule has 19 heavy (non-hydrogen) atoms. The second-order valence-electron chi connectivity index (χ2n) is 4.16. The molecule has 2 N–H and O–H groups in total. The minimum Gasteiger partial charge on any atom is -0.506 e. The van der Waals surface area contributed by atoms with E-state index in [1.54, 1.807) is 24.7 Å². The average Bonchev–Trinajstić information content (AvgIpc) is 2.90. The molecule has 0 unspecified atom stereocenters. The van der Waals surface area contributed by atoms with Crippen LogP contribution in [0.3, 0.4) is 0 Å². The number of nitrogens with zero attached hydrogens (tertiary/aromatic N) is 2. The van der Waals surface area contributed by atoms with Gasteiger partial charge < -0.3 is 19.7 Å². The van der Waals surface area contributed by atoms with Gasteiger partial charge in [0.15, 0.2) is 0 Å². The van der Waals surface area contributed by atoms with Crippen molar-refractivity contribution in [3.8, 4) is 11.5 Å². The molecule has 5 heteroatoms. The first-order valence-electron chi connectivity index (χ1n) is 6.45. The summed E-state index contributed by atoms with van der Waals surface area (Å²) in [6.45, 7) is 4.15. The van der Waals surface area contributed by atoms with Gasteiger partial charge in [-0.2, -0.15) is 0 Å². The molecule has 0 spiro atoms. The number of phenols is 1. The molecule has 0 aliphatic carbocycles. The summed E-state index contributed by atoms with van der Waals surface area (Å²) in [4.78, 5) is 3.99. The van der Waals surface area contributed by atoms with Crippen molar-refractivity contribution in [1.82, 2.24) is 9.55 Å². The molecular weight excluding hydrogens is 242 g/mol. The lowest BCUT2D eigenvalue weighted by Crippen LogP contribution is -2.07. The quantitative estimate of drug-likeness (QED) is 0.594. The van der Waals surface area contributed by atoms with Crippen LogP contribution in [-0.2, 0) is 6.54 Å². The molecular formula is C14H19N3O2. The molecule has 1 heterocycles. The maximum atomic E-state index is 9.84. The number of ether oxygens (including phenoxy) is 1. The predicted octanol–water partition coefficient (Wildman–Crippen LogP) is 2.49. The number of benzene rings is 1. The van der Waals surface area contributed by atoms with Crippen molar-refractivity contribution in [3.63, 3.8) is 0 Å². The Labute approximate surface area is 112 Å². The first-order valence-corrected chi connectivity index (χ1v) is 6.45. The Balaban J connectivity index is 1.88. The summed E-state index contributed by atoms with van der Waals surface area (Å²) in [7, 11) is 0. The molecule has 0 radical (unpaired) electrons. The maximum Gasteiger partial charge on any atom is 0.146 e. The van der Waals surface area contributed by atoms with E-state index in [9.17, 15) is 5.11 Å². The molecule has 102 valence electrons. The van der Waals surface area contributed by atoms with Crippen molar-refractivity contribution in [3.05, 3.63) is 36.9 Å². The van der Waals surface area contributed by atoms with E-state index in [0.29, 0.717) is 18.0 Å². The van der Waals surface area contributed by atoms with Crippen LogP contribution >= 0.6 is 0 Å². The predicted molar refractivity (Wildman–Crippen MR) is 74.6 cm³/mol. The van der Waals surface area contributed by atoms with Crippen LogP contribution in [0, 0.1) is 0 Å². The normalized spacial score (nSPS) is 10.4. The second-order valence-corrected chi connectivity index (χ2v) is 4.16. The highest BCUT2D eigenvalue weighted by Gasteiger charge is 2.07. The number of rotatable bonds is 7. The zero-order valence-corrected chi connectivity index (χ0v) is 11.0. The second kappa shape index (κ2) is 6.68. The van der Waals surface area contributed by atoms with E-state index >= 15 is 0 Å². The summed E-state index contributed by atoms with van der Waals surface area (Å²) in [5.74, 6) is 0.902. The third-order valence-corrected chi connectivity index (χ3v) is 2.76. The molecule has 1 aromatic carbocycles. The number of aromatic nitrogens is 2. The Morgan fingerprint density at radius 3 is 3.05 bits per heavy atom. The Kier molecular flexibility index (Phi) is 4.66. The van der Waals surface area contributed by atoms with Gasteiger partial charge in [-0.25, -0.2) is 4.98 Å². The van der Waals surface area contributed by atoms with Gasteiger partial charge in [0.2, 0.25) is 0 Å². The van der Waals surface area contributed by atoms with E-state index in [2.05, 4.69) is 10.3 Å². The summed E-state index contributed by atoms with van der Waals surface area (Å²) in [6, 6.07) is 5.28. The van der Waals surface area contributed by atoms with Gasteiger partial charge >= 0.3 is 0 Å². The molecule has 5 nitrogen and oxygen atoms in total. The first-order chi connectivity index (χ1) is 9.31. The topological polar surface area (TPSA) is 59.3 Å². The summed E-state index contributed by atoms with van der Waals surface area (Å²) >= 11 is 0. The third-order valence-electron chi connectivity index (χ3n) is 2.76. The number of hydrogen-bond acceptors (Lipinski definition) is 4. The fraction of sp³-hybridized carbons (Fsp3) is 0.357. The number of aryl methyl sites for hydroxylation is 1. The monoisotopic (exact) mass is 261 g/mol. The van der Waals surface area contributed by atoms with E-state index in [0.717, 1.165) is 19.5 Å². The van der Waals surface area contributed by atoms with Crippen LogP contribution < -0.4 is 10.1 Å². The molecule has 0 bridgehead atoms. The van der Waals surface area contributed by atoms with Crippen LogP contribution in [0.15, 0.2) is 36.9 Å². The standard InChI is InChI=1S/C14H19N3O2/c1-2-19-13-6-3-5-12(18)14(13)16-7-4-9-17-10-8-15-11-17/h3,5-6,8,10-11,16,18H,2,4,7,9H2,1H3. The van der Waals surface area contributed by atoms with E-state index in [1.165, 1.54) is 0 Å². The maximum absolute atomic E-state index is 9.84. The highest BCUT2D eigenvalue weighted by Crippen LogP contribution is 2.33. The minimum absolute atomic E-state index is 0.216. The van der Waals surface area contributed by atoms with Gasteiger partial charge in [-0.05, 0) is 25.5 Å². The van der Waals surface area contributed by atoms with E-state index in [1.807, 2.05) is 23.8 Å². The lowest BCUT2D eigenvalue weighted by molar-refractivity contribution is 0.339. The summed E-state index contributed by atoms with van der Waals surface area (Å²) in [5.41, 5.74) is 0.662. The van der Waals surface area contributed by atoms with Crippen molar-refractivity contribution >= 4 is 5.69 Å². The van der Waals surface area contributed by atoms with Gasteiger partial charge in [0.25, 0.3) is 0 Å². The number of para-hydroxylation sites is 1. The fourth-order valence-corrected chi connectivity index (χ4v) is 1.87. The van der Waals surface area contributed by atoms with Gasteiger partial charge in [-0.1, -0.05) is 6.07 Å². The summed E-state index contributed by atoms with van der Waals surface area (Å²) < 4.78 is 7.51. The first kappa shape index (κ1) is 13.3. The number of anilines is 1. The SMILES string of the molecule is CCOc1cccc(O)c1NCCCn1ccnc1. The highest BCUT2D eigenvalue weighted by molar-refractivity contribution is 5.65. The number of phenolic OH excluding ortho intramolecular Hbond substituents is 1. The smallest absolute Gasteiger partial charge is 0.146 e. The lowest BCUT2D eigenvalue weighted by atomic mass is 10.2. The molecule has 0 amide bonds. The molecule has 0 saturated heterocycles. The van der Waals surface area contributed by atoms with E-state index in [-0.39, 0.29) is 5.75 Å². The molecule has 0 aliphatic rings. The van der Waals surface area contributed by atoms with Crippen LogP contribution in [0.2, 0.25) is 0 Å².